The van der Waals surface area contributed by atoms with Gasteiger partial charge in [-0.2, -0.15) is 0 Å². The summed E-state index contributed by atoms with van der Waals surface area (Å²) in [6.07, 6.45) is 0.883. The number of ether oxygens (including phenoxy) is 1. The molecule has 3 heterocycles. The Bertz CT molecular complexity index is 1230. The summed E-state index contributed by atoms with van der Waals surface area (Å²) in [4.78, 5) is 25.4. The van der Waals surface area contributed by atoms with Gasteiger partial charge in [0, 0.05) is 38.0 Å². The van der Waals surface area contributed by atoms with E-state index in [2.05, 4.69) is 11.0 Å². The largest absolute Gasteiger partial charge is 0.616 e. The van der Waals surface area contributed by atoms with Gasteiger partial charge in [-0.3, -0.25) is 4.79 Å². The third kappa shape index (κ3) is 4.28. The maximum absolute atomic E-state index is 12.4. The fraction of sp³-hybridized carbons (Fsp3) is 0.320. The molecule has 3 aromatic rings. The number of nitrogens with zero attached hydrogens (tertiary/aromatic N) is 4. The Morgan fingerprint density at radius 1 is 1.18 bits per heavy atom. The molecule has 2 aliphatic rings. The lowest BCUT2D eigenvalue weighted by atomic mass is 10.1. The van der Waals surface area contributed by atoms with Crippen LogP contribution in [0.1, 0.15) is 22.4 Å². The van der Waals surface area contributed by atoms with Crippen LogP contribution in [-0.4, -0.2) is 52.6 Å². The molecule has 0 bridgehead atoms. The molecule has 0 spiro atoms. The van der Waals surface area contributed by atoms with Crippen LogP contribution in [-0.2, 0) is 33.9 Å². The van der Waals surface area contributed by atoms with Gasteiger partial charge in [0.15, 0.2) is 12.4 Å². The molecule has 0 saturated carbocycles. The van der Waals surface area contributed by atoms with Crippen LogP contribution in [0.25, 0.3) is 11.4 Å². The molecule has 1 atom stereocenters. The highest BCUT2D eigenvalue weighted by molar-refractivity contribution is 7.90. The molecule has 0 radical (unpaired) electrons. The van der Waals surface area contributed by atoms with Gasteiger partial charge >= 0.3 is 0 Å². The number of likely N-dealkylation sites (N-methyl/N-ethyl adjacent to an activating group) is 1. The first-order valence-electron chi connectivity index (χ1n) is 10.9. The molecule has 5 rings (SSSR count). The fourth-order valence-electron chi connectivity index (χ4n) is 4.23. The Morgan fingerprint density at radius 3 is 2.82 bits per heavy atom. The Labute approximate surface area is 196 Å². The number of anilines is 2. The summed E-state index contributed by atoms with van der Waals surface area (Å²) in [5.74, 6) is 2.96. The maximum Gasteiger partial charge on any atom is 0.259 e. The SMILES string of the molecule is Cc1cccc(-c2nc3c(c(N4CCc5ccc(OCC(=O)N(C)C)cc54)n2)C[S+]([O-])C3)c1. The maximum atomic E-state index is 12.4. The van der Waals surface area contributed by atoms with Gasteiger partial charge in [0.05, 0.1) is 5.56 Å². The van der Waals surface area contributed by atoms with E-state index in [0.717, 1.165) is 46.9 Å². The number of amides is 1. The molecule has 8 heteroatoms. The van der Waals surface area contributed by atoms with Crippen LogP contribution in [0.4, 0.5) is 11.5 Å². The van der Waals surface area contributed by atoms with Crippen LogP contribution in [0.3, 0.4) is 0 Å². The summed E-state index contributed by atoms with van der Waals surface area (Å²) in [5.41, 5.74) is 6.14. The lowest BCUT2D eigenvalue weighted by molar-refractivity contribution is -0.130. The monoisotopic (exact) mass is 462 g/mol. The number of hydrogen-bond donors (Lipinski definition) is 0. The molecule has 1 aromatic heterocycles. The molecule has 7 nitrogen and oxygen atoms in total. The number of hydrogen-bond acceptors (Lipinski definition) is 6. The number of carbonyl (C=O) groups excluding carboxylic acids is 1. The van der Waals surface area contributed by atoms with Gasteiger partial charge in [0.2, 0.25) is 0 Å². The van der Waals surface area contributed by atoms with E-state index in [1.807, 2.05) is 43.3 Å². The third-order valence-corrected chi connectivity index (χ3v) is 7.23. The average Bonchev–Trinajstić information content (AvgIpc) is 3.38. The van der Waals surface area contributed by atoms with Crippen molar-refractivity contribution in [2.75, 3.05) is 32.1 Å². The third-order valence-electron chi connectivity index (χ3n) is 6.02. The van der Waals surface area contributed by atoms with Crippen LogP contribution in [0, 0.1) is 6.92 Å². The predicted molar refractivity (Wildman–Crippen MR) is 129 cm³/mol. The summed E-state index contributed by atoms with van der Waals surface area (Å²) >= 11 is -0.970. The lowest BCUT2D eigenvalue weighted by Crippen LogP contribution is -2.27. The highest BCUT2D eigenvalue weighted by Crippen LogP contribution is 2.41. The van der Waals surface area contributed by atoms with Gasteiger partial charge in [0.1, 0.15) is 28.8 Å². The molecule has 1 unspecified atom stereocenters. The minimum Gasteiger partial charge on any atom is -0.616 e. The standard InChI is InChI=1S/C25H26N4O3S/c1-16-5-4-6-18(11-16)24-26-21-15-33(31)14-20(21)25(27-24)29-10-9-17-7-8-19(12-22(17)29)32-13-23(30)28(2)3/h4-8,11-12H,9-10,13-15H2,1-3H3. The minimum absolute atomic E-state index is 0.00875. The Hall–Kier alpha value is -3.10. The van der Waals surface area contributed by atoms with E-state index in [1.54, 1.807) is 14.1 Å². The zero-order valence-electron chi connectivity index (χ0n) is 19.0. The second kappa shape index (κ2) is 8.68. The molecule has 0 N–H and O–H groups in total. The topological polar surface area (TPSA) is 81.6 Å². The zero-order chi connectivity index (χ0) is 23.1. The molecule has 2 aromatic carbocycles. The van der Waals surface area contributed by atoms with Gasteiger partial charge in [0.25, 0.3) is 5.91 Å². The molecule has 0 aliphatic carbocycles. The molecule has 1 amide bonds. The van der Waals surface area contributed by atoms with E-state index in [0.29, 0.717) is 23.1 Å². The van der Waals surface area contributed by atoms with E-state index in [9.17, 15) is 9.35 Å². The van der Waals surface area contributed by atoms with Gasteiger partial charge in [-0.25, -0.2) is 9.97 Å². The zero-order valence-corrected chi connectivity index (χ0v) is 19.8. The summed E-state index contributed by atoms with van der Waals surface area (Å²) < 4.78 is 18.2. The number of fused-ring (bicyclic) bond motifs is 2. The number of aryl methyl sites for hydroxylation is 1. The molecule has 33 heavy (non-hydrogen) atoms. The molecule has 0 saturated heterocycles. The molecule has 0 fully saturated rings. The van der Waals surface area contributed by atoms with E-state index in [1.165, 1.54) is 10.5 Å². The first kappa shape index (κ1) is 21.7. The van der Waals surface area contributed by atoms with Crippen LogP contribution in [0.2, 0.25) is 0 Å². The van der Waals surface area contributed by atoms with E-state index in [-0.39, 0.29) is 12.5 Å². The lowest BCUT2D eigenvalue weighted by Gasteiger charge is -2.22. The van der Waals surface area contributed by atoms with Crippen molar-refractivity contribution < 1.29 is 14.1 Å². The normalized spacial score (nSPS) is 16.5. The Kier molecular flexibility index (Phi) is 5.72. The summed E-state index contributed by atoms with van der Waals surface area (Å²) in [5, 5.41) is 0. The highest BCUT2D eigenvalue weighted by Gasteiger charge is 2.33. The van der Waals surface area contributed by atoms with Gasteiger partial charge < -0.3 is 19.1 Å². The van der Waals surface area contributed by atoms with Crippen molar-refractivity contribution in [1.29, 1.82) is 0 Å². The van der Waals surface area contributed by atoms with Crippen LogP contribution >= 0.6 is 0 Å². The molecule has 2 aliphatic heterocycles. The van der Waals surface area contributed by atoms with Crippen molar-refractivity contribution in [1.82, 2.24) is 14.9 Å². The fourth-order valence-corrected chi connectivity index (χ4v) is 5.49. The van der Waals surface area contributed by atoms with Crippen molar-refractivity contribution in [3.63, 3.8) is 0 Å². The van der Waals surface area contributed by atoms with E-state index in [4.69, 9.17) is 14.7 Å². The first-order valence-corrected chi connectivity index (χ1v) is 12.4. The predicted octanol–water partition coefficient (Wildman–Crippen LogP) is 3.38. The van der Waals surface area contributed by atoms with Crippen LogP contribution in [0.5, 0.6) is 5.75 Å². The van der Waals surface area contributed by atoms with Gasteiger partial charge in [-0.1, -0.05) is 29.8 Å². The van der Waals surface area contributed by atoms with Crippen LogP contribution in [0.15, 0.2) is 42.5 Å². The van der Waals surface area contributed by atoms with Crippen molar-refractivity contribution in [2.45, 2.75) is 24.9 Å². The smallest absolute Gasteiger partial charge is 0.259 e. The summed E-state index contributed by atoms with van der Waals surface area (Å²) in [6.45, 7) is 2.82. The van der Waals surface area contributed by atoms with Crippen LogP contribution < -0.4 is 9.64 Å². The Balaban J connectivity index is 1.53. The second-order valence-electron chi connectivity index (χ2n) is 8.66. The quantitative estimate of drug-likeness (QED) is 0.541. The Morgan fingerprint density at radius 2 is 2.03 bits per heavy atom. The number of carbonyl (C=O) groups is 1. The summed E-state index contributed by atoms with van der Waals surface area (Å²) in [6, 6.07) is 14.1. The molecule has 170 valence electrons. The number of aromatic nitrogens is 2. The molecular weight excluding hydrogens is 436 g/mol. The van der Waals surface area contributed by atoms with E-state index >= 15 is 0 Å². The van der Waals surface area contributed by atoms with Gasteiger partial charge in [-0.15, -0.1) is 0 Å². The second-order valence-corrected chi connectivity index (χ2v) is 10.1. The average molecular weight is 463 g/mol. The summed E-state index contributed by atoms with van der Waals surface area (Å²) in [7, 11) is 3.42. The highest BCUT2D eigenvalue weighted by atomic mass is 32.2. The van der Waals surface area contributed by atoms with E-state index < -0.39 is 11.2 Å². The van der Waals surface area contributed by atoms with Gasteiger partial charge in [-0.05, 0) is 42.2 Å². The first-order chi connectivity index (χ1) is 15.9. The van der Waals surface area contributed by atoms with Crippen molar-refractivity contribution >= 4 is 28.6 Å². The number of rotatable bonds is 5. The van der Waals surface area contributed by atoms with Crippen molar-refractivity contribution in [2.24, 2.45) is 0 Å². The number of benzene rings is 2. The van der Waals surface area contributed by atoms with Crippen molar-refractivity contribution in [3.05, 3.63) is 64.8 Å². The molecular formula is C25H26N4O3S. The minimum atomic E-state index is -0.970. The van der Waals surface area contributed by atoms with Crippen molar-refractivity contribution in [3.8, 4) is 17.1 Å².